The Balaban J connectivity index is 1.29. The van der Waals surface area contributed by atoms with E-state index in [-0.39, 0.29) is 6.42 Å². The van der Waals surface area contributed by atoms with Gasteiger partial charge in [0.05, 0.1) is 42.4 Å². The van der Waals surface area contributed by atoms with Crippen LogP contribution in [-0.2, 0) is 22.5 Å². The molecule has 0 aliphatic carbocycles. The molecule has 0 bridgehead atoms. The number of nitrogens with zero attached hydrogens (tertiary/aromatic N) is 7. The summed E-state index contributed by atoms with van der Waals surface area (Å²) in [6, 6.07) is 14.5. The largest absolute Gasteiger partial charge is 0.478 e. The van der Waals surface area contributed by atoms with Crippen molar-refractivity contribution < 1.29 is 19.1 Å². The summed E-state index contributed by atoms with van der Waals surface area (Å²) in [5.74, 6) is 0.221. The molecule has 3 N–H and O–H groups in total. The van der Waals surface area contributed by atoms with Crippen molar-refractivity contribution in [2.45, 2.75) is 25.4 Å². The molecule has 1 aliphatic heterocycles. The Morgan fingerprint density at radius 3 is 2.78 bits per heavy atom. The Kier molecular flexibility index (Phi) is 8.82. The number of hydrogen-bond donors (Lipinski definition) is 3. The fourth-order valence-electron chi connectivity index (χ4n) is 4.90. The summed E-state index contributed by atoms with van der Waals surface area (Å²) in [4.78, 5) is 37.8. The predicted molar refractivity (Wildman–Crippen MR) is 166 cm³/mol. The van der Waals surface area contributed by atoms with Crippen molar-refractivity contribution in [3.8, 4) is 22.7 Å². The smallest absolute Gasteiger partial charge is 0.411 e. The average Bonchev–Trinajstić information content (AvgIpc) is 3.74. The quantitative estimate of drug-likeness (QED) is 0.202. The molecule has 15 nitrogen and oxygen atoms in total. The number of fused-ring (bicyclic) bond motifs is 1. The molecule has 2 amide bonds. The van der Waals surface area contributed by atoms with E-state index >= 15 is 0 Å². The molecule has 4 heterocycles. The Morgan fingerprint density at radius 2 is 2.02 bits per heavy atom. The summed E-state index contributed by atoms with van der Waals surface area (Å²) >= 11 is 6.23. The van der Waals surface area contributed by atoms with Crippen molar-refractivity contribution in [3.05, 3.63) is 99.3 Å². The van der Waals surface area contributed by atoms with Crippen LogP contribution in [0.3, 0.4) is 0 Å². The van der Waals surface area contributed by atoms with Crippen LogP contribution in [0.5, 0.6) is 5.88 Å². The molecule has 0 radical (unpaired) electrons. The predicted octanol–water partition coefficient (Wildman–Crippen LogP) is 3.34. The van der Waals surface area contributed by atoms with Crippen LogP contribution < -0.4 is 20.9 Å². The Hall–Kier alpha value is -5.83. The lowest BCUT2D eigenvalue weighted by Crippen LogP contribution is -2.30. The molecular formula is C30H27ClN10O5. The molecule has 0 spiro atoms. The molecule has 234 valence electrons. The topological polar surface area (TPSA) is 184 Å². The minimum atomic E-state index is -0.691. The summed E-state index contributed by atoms with van der Waals surface area (Å²) in [5, 5.41) is 28.8. The number of carbonyl (C=O) groups is 2. The van der Waals surface area contributed by atoms with E-state index < -0.39 is 23.6 Å². The second-order valence-electron chi connectivity index (χ2n) is 10.2. The number of amides is 2. The molecule has 1 unspecified atom stereocenters. The Bertz CT molecular complexity index is 1930. The lowest BCUT2D eigenvalue weighted by molar-refractivity contribution is -0.117. The summed E-state index contributed by atoms with van der Waals surface area (Å²) in [6.45, 7) is 1.32. The molecular weight excluding hydrogens is 616 g/mol. The van der Waals surface area contributed by atoms with E-state index in [4.69, 9.17) is 16.3 Å². The van der Waals surface area contributed by atoms with Crippen molar-refractivity contribution >= 4 is 35.4 Å². The van der Waals surface area contributed by atoms with Crippen molar-refractivity contribution in [2.75, 3.05) is 19.0 Å². The molecule has 1 aliphatic rings. The normalized spacial score (nSPS) is 13.1. The lowest BCUT2D eigenvalue weighted by atomic mass is 10.0. The zero-order valence-electron chi connectivity index (χ0n) is 24.4. The van der Waals surface area contributed by atoms with Crippen LogP contribution in [0.4, 0.5) is 10.5 Å². The molecule has 2 aromatic carbocycles. The first-order chi connectivity index (χ1) is 22.4. The molecule has 3 aromatic heterocycles. The summed E-state index contributed by atoms with van der Waals surface area (Å²) < 4.78 is 13.6. The number of tetrazole rings is 1. The van der Waals surface area contributed by atoms with Gasteiger partial charge < -0.3 is 14.8 Å². The lowest BCUT2D eigenvalue weighted by Gasteiger charge is -2.17. The van der Waals surface area contributed by atoms with Gasteiger partial charge in [-0.1, -0.05) is 23.7 Å². The molecule has 6 rings (SSSR count). The number of aryl methyl sites for hydroxylation is 1. The SMILES string of the molecule is COC(=O)Nc1ccc(-c2cc(C(Cc3cc4n(n3)CCCO4)NC(=O)/C=C/c3cc(Cl)ccc3-n3cnnn3)n[nH]c2=O)cc1. The van der Waals surface area contributed by atoms with Gasteiger partial charge >= 0.3 is 6.09 Å². The van der Waals surface area contributed by atoms with Crippen LogP contribution in [0.25, 0.3) is 22.9 Å². The number of anilines is 1. The van der Waals surface area contributed by atoms with Crippen LogP contribution >= 0.6 is 11.6 Å². The Morgan fingerprint density at radius 1 is 1.17 bits per heavy atom. The fourth-order valence-corrected chi connectivity index (χ4v) is 5.08. The number of H-pyrrole nitrogens is 1. The number of aromatic amines is 1. The number of carbonyl (C=O) groups excluding carboxylic acids is 2. The number of benzene rings is 2. The highest BCUT2D eigenvalue weighted by atomic mass is 35.5. The van der Waals surface area contributed by atoms with Gasteiger partial charge in [0.2, 0.25) is 11.8 Å². The highest BCUT2D eigenvalue weighted by Crippen LogP contribution is 2.26. The summed E-state index contributed by atoms with van der Waals surface area (Å²) in [6.07, 6.45) is 4.90. The molecule has 5 aromatic rings. The van der Waals surface area contributed by atoms with Crippen LogP contribution in [0.15, 0.2) is 71.8 Å². The number of hydrogen-bond acceptors (Lipinski definition) is 10. The monoisotopic (exact) mass is 642 g/mol. The standard InChI is InChI=1S/C30H27ClN10O5/c1-45-30(44)33-21-7-3-18(4-8-21)23-16-25(35-36-29(23)43)24(14-22-15-28-40(37-22)11-2-12-46-28)34-27(42)10-5-19-13-20(31)6-9-26(19)41-17-32-38-39-41/h3-10,13,15-17,24H,2,11-12,14H2,1H3,(H,33,44)(H,34,42)(H,36,43)/b10-5+. The number of aromatic nitrogens is 8. The highest BCUT2D eigenvalue weighted by molar-refractivity contribution is 6.30. The molecule has 46 heavy (non-hydrogen) atoms. The minimum Gasteiger partial charge on any atom is -0.478 e. The third-order valence-electron chi connectivity index (χ3n) is 7.10. The zero-order valence-corrected chi connectivity index (χ0v) is 25.1. The van der Waals surface area contributed by atoms with E-state index in [9.17, 15) is 14.4 Å². The number of rotatable bonds is 9. The van der Waals surface area contributed by atoms with Crippen molar-refractivity contribution in [2.24, 2.45) is 0 Å². The van der Waals surface area contributed by atoms with Gasteiger partial charge in [0.15, 0.2) is 0 Å². The van der Waals surface area contributed by atoms with Gasteiger partial charge in [0.1, 0.15) is 6.33 Å². The fraction of sp³-hybridized carbons (Fsp3) is 0.200. The third-order valence-corrected chi connectivity index (χ3v) is 7.33. The van der Waals surface area contributed by atoms with Gasteiger partial charge in [-0.25, -0.2) is 14.6 Å². The van der Waals surface area contributed by atoms with Crippen LogP contribution in [0.1, 0.15) is 29.4 Å². The first-order valence-electron chi connectivity index (χ1n) is 14.1. The zero-order chi connectivity index (χ0) is 32.0. The van der Waals surface area contributed by atoms with E-state index in [2.05, 4.69) is 46.2 Å². The van der Waals surface area contributed by atoms with Crippen molar-refractivity contribution in [1.29, 1.82) is 0 Å². The van der Waals surface area contributed by atoms with Crippen molar-refractivity contribution in [3.63, 3.8) is 0 Å². The second-order valence-corrected chi connectivity index (χ2v) is 10.6. The average molecular weight is 643 g/mol. The molecule has 1 atom stereocenters. The molecule has 0 saturated carbocycles. The van der Waals surface area contributed by atoms with Gasteiger partial charge in [0, 0.05) is 47.8 Å². The minimum absolute atomic E-state index is 0.260. The van der Waals surface area contributed by atoms with Gasteiger partial charge in [-0.3, -0.25) is 14.9 Å². The number of halogens is 1. The van der Waals surface area contributed by atoms with E-state index in [1.54, 1.807) is 59.3 Å². The van der Waals surface area contributed by atoms with Gasteiger partial charge in [-0.15, -0.1) is 5.10 Å². The van der Waals surface area contributed by atoms with Crippen molar-refractivity contribution in [1.82, 2.24) is 45.5 Å². The van der Waals surface area contributed by atoms with Crippen LogP contribution in [0, 0.1) is 0 Å². The number of nitrogens with one attached hydrogen (secondary N) is 3. The van der Waals surface area contributed by atoms with Gasteiger partial charge in [-0.05, 0) is 58.5 Å². The van der Waals surface area contributed by atoms with E-state index in [0.29, 0.717) is 57.0 Å². The number of methoxy groups -OCH3 is 1. The first-order valence-corrected chi connectivity index (χ1v) is 14.5. The van der Waals surface area contributed by atoms with Crippen LogP contribution in [0.2, 0.25) is 5.02 Å². The maximum absolute atomic E-state index is 13.4. The molecule has 16 heteroatoms. The van der Waals surface area contributed by atoms with Gasteiger partial charge in [-0.2, -0.15) is 14.9 Å². The molecule has 0 fully saturated rings. The third kappa shape index (κ3) is 6.94. The van der Waals surface area contributed by atoms with E-state index in [1.165, 1.54) is 24.2 Å². The summed E-state index contributed by atoms with van der Waals surface area (Å²) in [7, 11) is 1.27. The second kappa shape index (κ2) is 13.4. The summed E-state index contributed by atoms with van der Waals surface area (Å²) in [5.41, 5.74) is 3.27. The Labute approximate surface area is 266 Å². The maximum atomic E-state index is 13.4. The highest BCUT2D eigenvalue weighted by Gasteiger charge is 2.22. The van der Waals surface area contributed by atoms with E-state index in [0.717, 1.165) is 13.0 Å². The first kappa shape index (κ1) is 30.2. The van der Waals surface area contributed by atoms with Crippen LogP contribution in [-0.4, -0.2) is 65.9 Å². The van der Waals surface area contributed by atoms with Gasteiger partial charge in [0.25, 0.3) is 5.56 Å². The maximum Gasteiger partial charge on any atom is 0.411 e. The molecule has 0 saturated heterocycles. The number of ether oxygens (including phenoxy) is 2. The van der Waals surface area contributed by atoms with E-state index in [1.807, 2.05) is 6.07 Å².